The summed E-state index contributed by atoms with van der Waals surface area (Å²) in [5.41, 5.74) is 1.87. The number of rotatable bonds is 4. The number of benzene rings is 2. The molecular weight excluding hydrogens is 305 g/mol. The van der Waals surface area contributed by atoms with Gasteiger partial charge in [-0.3, -0.25) is 0 Å². The van der Waals surface area contributed by atoms with Crippen LogP contribution in [0.1, 0.15) is 37.1 Å². The lowest BCUT2D eigenvalue weighted by molar-refractivity contribution is 0.473. The van der Waals surface area contributed by atoms with E-state index >= 15 is 0 Å². The van der Waals surface area contributed by atoms with Gasteiger partial charge in [-0.15, -0.1) is 0 Å². The highest BCUT2D eigenvalue weighted by atomic mass is 79.9. The van der Waals surface area contributed by atoms with E-state index in [1.54, 1.807) is 6.07 Å². The Hall–Kier alpha value is -1.19. The van der Waals surface area contributed by atoms with Gasteiger partial charge in [-0.2, -0.15) is 0 Å². The summed E-state index contributed by atoms with van der Waals surface area (Å²) in [4.78, 5) is 0. The number of nitrogens with one attached hydrogen (secondary N) is 1. The fourth-order valence-electron chi connectivity index (χ4n) is 2.21. The summed E-state index contributed by atoms with van der Waals surface area (Å²) < 4.78 is 14.8. The molecule has 0 heterocycles. The van der Waals surface area contributed by atoms with Gasteiger partial charge in [-0.1, -0.05) is 52.3 Å². The molecule has 0 aliphatic heterocycles. The van der Waals surface area contributed by atoms with E-state index < -0.39 is 0 Å². The van der Waals surface area contributed by atoms with Gasteiger partial charge in [-0.05, 0) is 31.5 Å². The Kier molecular flexibility index (Phi) is 4.72. The zero-order valence-electron chi connectivity index (χ0n) is 11.0. The molecule has 0 aliphatic rings. The molecule has 2 rings (SSSR count). The smallest absolute Gasteiger partial charge is 0.127 e. The number of hydrogen-bond acceptors (Lipinski definition) is 1. The molecule has 0 radical (unpaired) electrons. The van der Waals surface area contributed by atoms with Crippen LogP contribution in [0.4, 0.5) is 4.39 Å². The van der Waals surface area contributed by atoms with Crippen molar-refractivity contribution in [3.05, 3.63) is 69.9 Å². The van der Waals surface area contributed by atoms with Crippen molar-refractivity contribution >= 4 is 15.9 Å². The highest BCUT2D eigenvalue weighted by Crippen LogP contribution is 2.26. The lowest BCUT2D eigenvalue weighted by Crippen LogP contribution is -2.23. The van der Waals surface area contributed by atoms with Crippen LogP contribution in [0, 0.1) is 5.82 Å². The molecule has 1 nitrogen and oxygen atoms in total. The molecule has 100 valence electrons. The third kappa shape index (κ3) is 3.43. The average Bonchev–Trinajstić information content (AvgIpc) is 2.39. The van der Waals surface area contributed by atoms with Gasteiger partial charge in [-0.25, -0.2) is 4.39 Å². The quantitative estimate of drug-likeness (QED) is 0.835. The van der Waals surface area contributed by atoms with Gasteiger partial charge < -0.3 is 5.32 Å². The second-order valence-corrected chi connectivity index (χ2v) is 5.51. The van der Waals surface area contributed by atoms with Crippen molar-refractivity contribution < 1.29 is 4.39 Å². The highest BCUT2D eigenvalue weighted by Gasteiger charge is 2.15. The molecule has 0 fully saturated rings. The van der Waals surface area contributed by atoms with Crippen molar-refractivity contribution in [1.29, 1.82) is 0 Å². The van der Waals surface area contributed by atoms with Gasteiger partial charge in [0.2, 0.25) is 0 Å². The fourth-order valence-corrected chi connectivity index (χ4v) is 2.84. The van der Waals surface area contributed by atoms with Gasteiger partial charge >= 0.3 is 0 Å². The Bertz CT molecular complexity index is 506. The van der Waals surface area contributed by atoms with Crippen LogP contribution < -0.4 is 5.32 Å². The van der Waals surface area contributed by atoms with Crippen LogP contribution >= 0.6 is 15.9 Å². The summed E-state index contributed by atoms with van der Waals surface area (Å²) in [6.45, 7) is 4.06. The molecule has 2 aromatic rings. The van der Waals surface area contributed by atoms with Gasteiger partial charge in [0.1, 0.15) is 5.82 Å². The lowest BCUT2D eigenvalue weighted by atomic mass is 10.0. The molecule has 0 saturated heterocycles. The summed E-state index contributed by atoms with van der Waals surface area (Å²) in [7, 11) is 0. The maximum Gasteiger partial charge on any atom is 0.127 e. The fraction of sp³-hybridized carbons (Fsp3) is 0.250. The minimum absolute atomic E-state index is 0.0386. The van der Waals surface area contributed by atoms with E-state index in [0.717, 1.165) is 4.47 Å². The van der Waals surface area contributed by atoms with Crippen LogP contribution in [-0.4, -0.2) is 0 Å². The molecular formula is C16H17BrFN. The van der Waals surface area contributed by atoms with Crippen LogP contribution in [-0.2, 0) is 0 Å². The number of halogens is 2. The summed E-state index contributed by atoms with van der Waals surface area (Å²) in [6.07, 6.45) is 0. The monoisotopic (exact) mass is 321 g/mol. The Morgan fingerprint density at radius 1 is 0.895 bits per heavy atom. The highest BCUT2D eigenvalue weighted by molar-refractivity contribution is 9.10. The standard InChI is InChI=1S/C16H17BrFN/c1-11(13-7-3-5-9-15(13)17)19-12(2)14-8-4-6-10-16(14)18/h3-12,19H,1-2H3. The van der Waals surface area contributed by atoms with E-state index in [4.69, 9.17) is 0 Å². The van der Waals surface area contributed by atoms with Crippen LogP contribution in [0.25, 0.3) is 0 Å². The minimum atomic E-state index is -0.165. The van der Waals surface area contributed by atoms with E-state index in [1.165, 1.54) is 11.6 Å². The van der Waals surface area contributed by atoms with Crippen LogP contribution in [0.2, 0.25) is 0 Å². The van der Waals surface area contributed by atoms with Gasteiger partial charge in [0, 0.05) is 22.1 Å². The van der Waals surface area contributed by atoms with Crippen LogP contribution in [0.3, 0.4) is 0 Å². The maximum absolute atomic E-state index is 13.7. The Labute approximate surface area is 122 Å². The van der Waals surface area contributed by atoms with Crippen molar-refractivity contribution in [2.75, 3.05) is 0 Å². The van der Waals surface area contributed by atoms with Crippen molar-refractivity contribution in [2.24, 2.45) is 0 Å². The zero-order valence-corrected chi connectivity index (χ0v) is 12.6. The topological polar surface area (TPSA) is 12.0 Å². The Morgan fingerprint density at radius 3 is 2.05 bits per heavy atom. The first-order valence-electron chi connectivity index (χ1n) is 6.34. The third-order valence-corrected chi connectivity index (χ3v) is 3.97. The third-order valence-electron chi connectivity index (χ3n) is 3.24. The van der Waals surface area contributed by atoms with Gasteiger partial charge in [0.05, 0.1) is 0 Å². The van der Waals surface area contributed by atoms with E-state index in [-0.39, 0.29) is 17.9 Å². The molecule has 0 spiro atoms. The Balaban J connectivity index is 2.13. The lowest BCUT2D eigenvalue weighted by Gasteiger charge is -2.22. The molecule has 2 atom stereocenters. The zero-order chi connectivity index (χ0) is 13.8. The molecule has 3 heteroatoms. The molecule has 0 aliphatic carbocycles. The van der Waals surface area contributed by atoms with Crippen molar-refractivity contribution in [3.8, 4) is 0 Å². The predicted molar refractivity (Wildman–Crippen MR) is 80.5 cm³/mol. The molecule has 0 aromatic heterocycles. The summed E-state index contributed by atoms with van der Waals surface area (Å²) in [6, 6.07) is 15.1. The van der Waals surface area contributed by atoms with E-state index in [9.17, 15) is 4.39 Å². The van der Waals surface area contributed by atoms with E-state index in [2.05, 4.69) is 34.2 Å². The van der Waals surface area contributed by atoms with Crippen LogP contribution in [0.15, 0.2) is 53.0 Å². The average molecular weight is 322 g/mol. The van der Waals surface area contributed by atoms with Crippen LogP contribution in [0.5, 0.6) is 0 Å². The molecule has 0 saturated carbocycles. The molecule has 0 amide bonds. The van der Waals surface area contributed by atoms with Crippen molar-refractivity contribution in [2.45, 2.75) is 25.9 Å². The largest absolute Gasteiger partial charge is 0.304 e. The second kappa shape index (κ2) is 6.31. The summed E-state index contributed by atoms with van der Waals surface area (Å²) in [5.74, 6) is -0.165. The van der Waals surface area contributed by atoms with Crippen molar-refractivity contribution in [3.63, 3.8) is 0 Å². The second-order valence-electron chi connectivity index (χ2n) is 4.65. The number of hydrogen-bond donors (Lipinski definition) is 1. The first-order chi connectivity index (χ1) is 9.09. The first kappa shape index (κ1) is 14.2. The van der Waals surface area contributed by atoms with E-state index in [0.29, 0.717) is 5.56 Å². The van der Waals surface area contributed by atoms with E-state index in [1.807, 2.05) is 37.3 Å². The molecule has 0 bridgehead atoms. The minimum Gasteiger partial charge on any atom is -0.304 e. The molecule has 2 aromatic carbocycles. The molecule has 2 unspecified atom stereocenters. The molecule has 1 N–H and O–H groups in total. The SMILES string of the molecule is CC(NC(C)c1ccccc1Br)c1ccccc1F. The molecule has 19 heavy (non-hydrogen) atoms. The predicted octanol–water partition coefficient (Wildman–Crippen LogP) is 5.00. The first-order valence-corrected chi connectivity index (χ1v) is 7.14. The van der Waals surface area contributed by atoms with Gasteiger partial charge in [0.25, 0.3) is 0 Å². The van der Waals surface area contributed by atoms with Crippen molar-refractivity contribution in [1.82, 2.24) is 5.32 Å². The maximum atomic E-state index is 13.7. The summed E-state index contributed by atoms with van der Waals surface area (Å²) >= 11 is 3.54. The normalized spacial score (nSPS) is 14.1. The Morgan fingerprint density at radius 2 is 1.42 bits per heavy atom. The summed E-state index contributed by atoms with van der Waals surface area (Å²) in [5, 5.41) is 3.42. The van der Waals surface area contributed by atoms with Gasteiger partial charge in [0.15, 0.2) is 0 Å².